The van der Waals surface area contributed by atoms with Crippen molar-refractivity contribution >= 4 is 34.1 Å². The van der Waals surface area contributed by atoms with Crippen LogP contribution in [0.15, 0.2) is 4.34 Å². The van der Waals surface area contributed by atoms with E-state index in [2.05, 4.69) is 20.8 Å². The molecule has 0 spiro atoms. The number of hydrogen-bond acceptors (Lipinski definition) is 7. The molecule has 2 atom stereocenters. The Kier molecular flexibility index (Phi) is 4.97. The number of anilines is 1. The van der Waals surface area contributed by atoms with Gasteiger partial charge in [0, 0.05) is 19.2 Å². The highest BCUT2D eigenvalue weighted by Crippen LogP contribution is 2.32. The Morgan fingerprint density at radius 2 is 2.33 bits per heavy atom. The van der Waals surface area contributed by atoms with Gasteiger partial charge >= 0.3 is 0 Å². The minimum atomic E-state index is -0.173. The van der Waals surface area contributed by atoms with Crippen molar-refractivity contribution in [1.82, 2.24) is 15.5 Å². The van der Waals surface area contributed by atoms with Gasteiger partial charge in [-0.25, -0.2) is 0 Å². The van der Waals surface area contributed by atoms with Crippen molar-refractivity contribution in [3.05, 3.63) is 0 Å². The van der Waals surface area contributed by atoms with Crippen LogP contribution in [0.4, 0.5) is 5.13 Å². The fourth-order valence-electron chi connectivity index (χ4n) is 2.09. The zero-order valence-electron chi connectivity index (χ0n) is 12.0. The second kappa shape index (κ2) is 6.93. The number of rotatable bonds is 7. The maximum absolute atomic E-state index is 12.1. The molecular weight excluding hydrogens is 308 g/mol. The smallest absolute Gasteiger partial charge is 0.233 e. The Bertz CT molecular complexity index is 486. The first-order valence-corrected chi connectivity index (χ1v) is 9.06. The van der Waals surface area contributed by atoms with E-state index in [1.165, 1.54) is 35.9 Å². The fourth-order valence-corrected chi connectivity index (χ4v) is 4.08. The van der Waals surface area contributed by atoms with E-state index in [0.717, 1.165) is 28.9 Å². The molecule has 2 N–H and O–H groups in total. The van der Waals surface area contributed by atoms with Crippen molar-refractivity contribution in [1.29, 1.82) is 0 Å². The topological polar surface area (TPSA) is 76.1 Å². The summed E-state index contributed by atoms with van der Waals surface area (Å²) in [6.07, 6.45) is 4.73. The van der Waals surface area contributed by atoms with Crippen LogP contribution in [-0.4, -0.2) is 46.7 Å². The van der Waals surface area contributed by atoms with Crippen LogP contribution < -0.4 is 10.6 Å². The molecular formula is C13H20N4O2S2. The Hall–Kier alpha value is -0.860. The highest BCUT2D eigenvalue weighted by atomic mass is 32.2. The normalized spacial score (nSPS) is 23.0. The zero-order valence-corrected chi connectivity index (χ0v) is 13.6. The zero-order chi connectivity index (χ0) is 14.7. The van der Waals surface area contributed by atoms with Gasteiger partial charge in [0.2, 0.25) is 11.0 Å². The highest BCUT2D eigenvalue weighted by Gasteiger charge is 2.24. The SMILES string of the molecule is C[C@@H](Sc1nnc(NC2CC2)s1)C(=O)NC[C@H]1CCCO1. The van der Waals surface area contributed by atoms with Gasteiger partial charge in [-0.2, -0.15) is 0 Å². The molecule has 1 aliphatic carbocycles. The third kappa shape index (κ3) is 4.55. The molecule has 1 aliphatic heterocycles. The van der Waals surface area contributed by atoms with Gasteiger partial charge in [0.25, 0.3) is 0 Å². The predicted molar refractivity (Wildman–Crippen MR) is 83.9 cm³/mol. The van der Waals surface area contributed by atoms with Crippen molar-refractivity contribution in [2.24, 2.45) is 0 Å². The largest absolute Gasteiger partial charge is 0.376 e. The number of ether oxygens (including phenoxy) is 1. The van der Waals surface area contributed by atoms with E-state index >= 15 is 0 Å². The summed E-state index contributed by atoms with van der Waals surface area (Å²) in [5, 5.41) is 15.2. The van der Waals surface area contributed by atoms with Gasteiger partial charge in [0.15, 0.2) is 4.34 Å². The molecule has 2 heterocycles. The molecule has 116 valence electrons. The van der Waals surface area contributed by atoms with Crippen LogP contribution in [0.25, 0.3) is 0 Å². The molecule has 0 radical (unpaired) electrons. The summed E-state index contributed by atoms with van der Waals surface area (Å²) >= 11 is 2.97. The van der Waals surface area contributed by atoms with Gasteiger partial charge < -0.3 is 15.4 Å². The number of carbonyl (C=O) groups is 1. The quantitative estimate of drug-likeness (QED) is 0.745. The summed E-state index contributed by atoms with van der Waals surface area (Å²) in [7, 11) is 0. The van der Waals surface area contributed by atoms with E-state index in [9.17, 15) is 4.79 Å². The Balaban J connectivity index is 1.42. The Labute approximate surface area is 132 Å². The number of nitrogens with one attached hydrogen (secondary N) is 2. The molecule has 1 amide bonds. The number of thioether (sulfide) groups is 1. The van der Waals surface area contributed by atoms with Crippen molar-refractivity contribution in [3.8, 4) is 0 Å². The van der Waals surface area contributed by atoms with Crippen LogP contribution in [0.5, 0.6) is 0 Å². The van der Waals surface area contributed by atoms with Crippen molar-refractivity contribution < 1.29 is 9.53 Å². The number of aromatic nitrogens is 2. The molecule has 21 heavy (non-hydrogen) atoms. The minimum absolute atomic E-state index is 0.0300. The van der Waals surface area contributed by atoms with E-state index in [4.69, 9.17) is 4.74 Å². The lowest BCUT2D eigenvalue weighted by molar-refractivity contribution is -0.120. The van der Waals surface area contributed by atoms with Crippen LogP contribution in [0.3, 0.4) is 0 Å². The molecule has 8 heteroatoms. The second-order valence-corrected chi connectivity index (χ2v) is 8.00. The molecule has 1 saturated carbocycles. The summed E-state index contributed by atoms with van der Waals surface area (Å²) in [4.78, 5) is 12.1. The average Bonchev–Trinajstić information content (AvgIpc) is 2.96. The lowest BCUT2D eigenvalue weighted by atomic mass is 10.2. The molecule has 2 fully saturated rings. The van der Waals surface area contributed by atoms with E-state index in [0.29, 0.717) is 12.6 Å². The van der Waals surface area contributed by atoms with Crippen LogP contribution in [0, 0.1) is 0 Å². The third-order valence-electron chi connectivity index (χ3n) is 3.49. The molecule has 1 aromatic rings. The molecule has 3 rings (SSSR count). The lowest BCUT2D eigenvalue weighted by Gasteiger charge is -2.13. The van der Waals surface area contributed by atoms with Crippen LogP contribution in [0.2, 0.25) is 0 Å². The number of carbonyl (C=O) groups excluding carboxylic acids is 1. The van der Waals surface area contributed by atoms with Gasteiger partial charge in [0.1, 0.15) is 0 Å². The first-order valence-electron chi connectivity index (χ1n) is 7.37. The van der Waals surface area contributed by atoms with Crippen molar-refractivity contribution in [2.45, 2.75) is 54.3 Å². The molecule has 1 saturated heterocycles. The molecule has 6 nitrogen and oxygen atoms in total. The van der Waals surface area contributed by atoms with Gasteiger partial charge in [-0.15, -0.1) is 10.2 Å². The molecule has 0 unspecified atom stereocenters. The Morgan fingerprint density at radius 1 is 1.48 bits per heavy atom. The standard InChI is InChI=1S/C13H20N4O2S2/c1-8(11(18)14-7-10-3-2-6-19-10)20-13-17-16-12(21-13)15-9-4-5-9/h8-10H,2-7H2,1H3,(H,14,18)(H,15,16)/t8-,10-/m1/s1. The number of nitrogens with zero attached hydrogens (tertiary/aromatic N) is 2. The molecule has 0 bridgehead atoms. The van der Waals surface area contributed by atoms with E-state index in [1.807, 2.05) is 6.92 Å². The monoisotopic (exact) mass is 328 g/mol. The summed E-state index contributed by atoms with van der Waals surface area (Å²) in [6.45, 7) is 3.31. The summed E-state index contributed by atoms with van der Waals surface area (Å²) in [6, 6.07) is 0.572. The second-order valence-electron chi connectivity index (χ2n) is 5.43. The summed E-state index contributed by atoms with van der Waals surface area (Å²) in [5.41, 5.74) is 0. The van der Waals surface area contributed by atoms with Crippen LogP contribution >= 0.6 is 23.1 Å². The minimum Gasteiger partial charge on any atom is -0.376 e. The first kappa shape index (κ1) is 15.1. The van der Waals surface area contributed by atoms with E-state index in [1.54, 1.807) is 0 Å². The summed E-state index contributed by atoms with van der Waals surface area (Å²) < 4.78 is 6.33. The molecule has 1 aromatic heterocycles. The average molecular weight is 328 g/mol. The van der Waals surface area contributed by atoms with Crippen LogP contribution in [0.1, 0.15) is 32.6 Å². The predicted octanol–water partition coefficient (Wildman–Crippen LogP) is 1.89. The third-order valence-corrected chi connectivity index (χ3v) is 5.52. The van der Waals surface area contributed by atoms with Gasteiger partial charge in [-0.3, -0.25) is 4.79 Å². The van der Waals surface area contributed by atoms with E-state index < -0.39 is 0 Å². The number of amides is 1. The van der Waals surface area contributed by atoms with Gasteiger partial charge in [0.05, 0.1) is 11.4 Å². The maximum atomic E-state index is 12.1. The van der Waals surface area contributed by atoms with Gasteiger partial charge in [-0.1, -0.05) is 23.1 Å². The maximum Gasteiger partial charge on any atom is 0.233 e. The highest BCUT2D eigenvalue weighted by molar-refractivity contribution is 8.02. The number of hydrogen-bond donors (Lipinski definition) is 2. The van der Waals surface area contributed by atoms with Gasteiger partial charge in [-0.05, 0) is 32.6 Å². The molecule has 0 aromatic carbocycles. The first-order chi connectivity index (χ1) is 10.2. The lowest BCUT2D eigenvalue weighted by Crippen LogP contribution is -2.36. The summed E-state index contributed by atoms with van der Waals surface area (Å²) in [5.74, 6) is 0.0300. The van der Waals surface area contributed by atoms with Crippen molar-refractivity contribution in [2.75, 3.05) is 18.5 Å². The molecule has 2 aliphatic rings. The Morgan fingerprint density at radius 3 is 3.05 bits per heavy atom. The van der Waals surface area contributed by atoms with Crippen molar-refractivity contribution in [3.63, 3.8) is 0 Å². The van der Waals surface area contributed by atoms with E-state index in [-0.39, 0.29) is 17.3 Å². The van der Waals surface area contributed by atoms with Crippen LogP contribution in [-0.2, 0) is 9.53 Å². The fraction of sp³-hybridized carbons (Fsp3) is 0.769.